The highest BCUT2D eigenvalue weighted by Gasteiger charge is 2.25. The van der Waals surface area contributed by atoms with E-state index >= 15 is 0 Å². The first-order chi connectivity index (χ1) is 19.7. The average molecular weight is 577 g/mol. The Balaban J connectivity index is 1.55. The van der Waals surface area contributed by atoms with E-state index in [1.807, 2.05) is 47.0 Å². The van der Waals surface area contributed by atoms with Gasteiger partial charge >= 0.3 is 11.9 Å². The molecule has 10 heteroatoms. The van der Waals surface area contributed by atoms with Crippen molar-refractivity contribution in [3.8, 4) is 0 Å². The molecule has 214 valence electrons. The molecule has 4 aromatic rings. The van der Waals surface area contributed by atoms with Crippen molar-refractivity contribution in [1.82, 2.24) is 14.1 Å². The number of halogens is 1. The molecule has 1 atom stereocenters. The number of benzene rings is 2. The standard InChI is InChI=1S/C31H33ClN4O5/c1-3-4-10-27-34-29(32)25(18-28(37)38)36(27)19-22-11-13-23(14-12-22)33-30(39)26(17-21-8-6-5-7-9-21)35-16-15-24(20(35)2)31(40)41/h5-9,11-16,26H,3-4,10,17-19H2,1-2H3,(H,33,39)(H,37,38)(H,40,41). The van der Waals surface area contributed by atoms with Crippen molar-refractivity contribution in [2.75, 3.05) is 5.32 Å². The highest BCUT2D eigenvalue weighted by Crippen LogP contribution is 2.24. The fourth-order valence-electron chi connectivity index (χ4n) is 4.88. The predicted octanol–water partition coefficient (Wildman–Crippen LogP) is 5.79. The maximum absolute atomic E-state index is 13.6. The summed E-state index contributed by atoms with van der Waals surface area (Å²) >= 11 is 6.31. The summed E-state index contributed by atoms with van der Waals surface area (Å²) in [5, 5.41) is 22.1. The van der Waals surface area contributed by atoms with Crippen LogP contribution < -0.4 is 5.32 Å². The number of nitrogens with one attached hydrogen (secondary N) is 1. The highest BCUT2D eigenvalue weighted by molar-refractivity contribution is 6.30. The number of rotatable bonds is 13. The number of nitrogens with zero attached hydrogens (tertiary/aromatic N) is 3. The smallest absolute Gasteiger partial charge is 0.337 e. The molecule has 0 fully saturated rings. The van der Waals surface area contributed by atoms with Crippen LogP contribution in [0.25, 0.3) is 0 Å². The van der Waals surface area contributed by atoms with Gasteiger partial charge in [-0.15, -0.1) is 0 Å². The summed E-state index contributed by atoms with van der Waals surface area (Å²) in [6, 6.07) is 17.7. The fourth-order valence-corrected chi connectivity index (χ4v) is 5.14. The number of carboxylic acids is 2. The van der Waals surface area contributed by atoms with E-state index in [0.717, 1.165) is 29.8 Å². The van der Waals surface area contributed by atoms with Gasteiger partial charge in [0.1, 0.15) is 11.9 Å². The van der Waals surface area contributed by atoms with Crippen LogP contribution in [0.1, 0.15) is 64.5 Å². The van der Waals surface area contributed by atoms with E-state index in [1.165, 1.54) is 6.07 Å². The summed E-state index contributed by atoms with van der Waals surface area (Å²) in [5.41, 5.74) is 3.55. The van der Waals surface area contributed by atoms with E-state index in [4.69, 9.17) is 11.6 Å². The molecule has 1 amide bonds. The number of amides is 1. The minimum absolute atomic E-state index is 0.153. The second-order valence-corrected chi connectivity index (χ2v) is 10.3. The van der Waals surface area contributed by atoms with Crippen LogP contribution in [0.15, 0.2) is 66.9 Å². The SMILES string of the molecule is CCCCc1nc(Cl)c(CC(=O)O)n1Cc1ccc(NC(=O)C(Cc2ccccc2)n2ccc(C(=O)O)c2C)cc1. The lowest BCUT2D eigenvalue weighted by molar-refractivity contribution is -0.136. The quantitative estimate of drug-likeness (QED) is 0.185. The lowest BCUT2D eigenvalue weighted by atomic mass is 10.0. The molecular weight excluding hydrogens is 544 g/mol. The molecular formula is C31H33ClN4O5. The molecule has 0 aliphatic carbocycles. The summed E-state index contributed by atoms with van der Waals surface area (Å²) in [7, 11) is 0. The molecule has 4 rings (SSSR count). The number of aromatic nitrogens is 3. The van der Waals surface area contributed by atoms with E-state index < -0.39 is 18.0 Å². The first kappa shape index (κ1) is 29.6. The van der Waals surface area contributed by atoms with Crippen LogP contribution in [0, 0.1) is 6.92 Å². The topological polar surface area (TPSA) is 126 Å². The third-order valence-electron chi connectivity index (χ3n) is 7.06. The summed E-state index contributed by atoms with van der Waals surface area (Å²) in [4.78, 5) is 41.1. The van der Waals surface area contributed by atoms with Gasteiger partial charge in [-0.25, -0.2) is 9.78 Å². The van der Waals surface area contributed by atoms with Crippen LogP contribution in [0.5, 0.6) is 0 Å². The average Bonchev–Trinajstić information content (AvgIpc) is 3.46. The van der Waals surface area contributed by atoms with Crippen LogP contribution in [-0.4, -0.2) is 42.2 Å². The molecule has 0 aliphatic rings. The first-order valence-corrected chi connectivity index (χ1v) is 13.9. The molecule has 0 saturated heterocycles. The van der Waals surface area contributed by atoms with E-state index in [0.29, 0.717) is 36.5 Å². The van der Waals surface area contributed by atoms with Crippen molar-refractivity contribution in [2.24, 2.45) is 0 Å². The Kier molecular flexibility index (Phi) is 9.62. The normalized spacial score (nSPS) is 11.8. The van der Waals surface area contributed by atoms with Gasteiger partial charge in [0.05, 0.1) is 17.7 Å². The van der Waals surface area contributed by atoms with Gasteiger partial charge in [0.2, 0.25) is 5.91 Å². The maximum Gasteiger partial charge on any atom is 0.337 e. The van der Waals surface area contributed by atoms with Crippen molar-refractivity contribution in [3.63, 3.8) is 0 Å². The Hall–Kier alpha value is -4.37. The van der Waals surface area contributed by atoms with Crippen LogP contribution in [0.2, 0.25) is 5.15 Å². The molecule has 3 N–H and O–H groups in total. The number of carbonyl (C=O) groups excluding carboxylic acids is 1. The third-order valence-corrected chi connectivity index (χ3v) is 7.36. The van der Waals surface area contributed by atoms with E-state index in [9.17, 15) is 24.6 Å². The highest BCUT2D eigenvalue weighted by atomic mass is 35.5. The molecule has 2 aromatic heterocycles. The molecule has 2 heterocycles. The van der Waals surface area contributed by atoms with E-state index in [-0.39, 0.29) is 23.0 Å². The Bertz CT molecular complexity index is 1530. The van der Waals surface area contributed by atoms with E-state index in [1.54, 1.807) is 29.8 Å². The number of aromatic carboxylic acids is 1. The number of anilines is 1. The molecule has 2 aromatic carbocycles. The lowest BCUT2D eigenvalue weighted by Crippen LogP contribution is -2.28. The van der Waals surface area contributed by atoms with E-state index in [2.05, 4.69) is 17.2 Å². The van der Waals surface area contributed by atoms with Gasteiger partial charge in [0.25, 0.3) is 0 Å². The molecule has 41 heavy (non-hydrogen) atoms. The molecule has 1 unspecified atom stereocenters. The van der Waals surface area contributed by atoms with Crippen molar-refractivity contribution in [3.05, 3.63) is 106 Å². The zero-order valence-electron chi connectivity index (χ0n) is 23.0. The Labute approximate surface area is 243 Å². The minimum Gasteiger partial charge on any atom is -0.481 e. The number of imidazole rings is 1. The first-order valence-electron chi connectivity index (χ1n) is 13.5. The van der Waals surface area contributed by atoms with Crippen LogP contribution >= 0.6 is 11.6 Å². The predicted molar refractivity (Wildman–Crippen MR) is 157 cm³/mol. The second-order valence-electron chi connectivity index (χ2n) is 9.94. The maximum atomic E-state index is 13.6. The number of aryl methyl sites for hydroxylation is 1. The lowest BCUT2D eigenvalue weighted by Gasteiger charge is -2.21. The van der Waals surface area contributed by atoms with Crippen molar-refractivity contribution in [2.45, 2.75) is 58.5 Å². The Morgan fingerprint density at radius 3 is 2.32 bits per heavy atom. The van der Waals surface area contributed by atoms with Crippen LogP contribution in [-0.2, 0) is 35.4 Å². The number of hydrogen-bond donors (Lipinski definition) is 3. The summed E-state index contributed by atoms with van der Waals surface area (Å²) < 4.78 is 3.56. The zero-order valence-corrected chi connectivity index (χ0v) is 23.8. The number of unbranched alkanes of at least 4 members (excludes halogenated alkanes) is 1. The minimum atomic E-state index is -1.04. The summed E-state index contributed by atoms with van der Waals surface area (Å²) in [6.07, 6.45) is 4.36. The van der Waals surface area contributed by atoms with Gasteiger partial charge in [-0.1, -0.05) is 67.4 Å². The van der Waals surface area contributed by atoms with Gasteiger partial charge in [-0.05, 0) is 42.7 Å². The van der Waals surface area contributed by atoms with Gasteiger partial charge in [-0.2, -0.15) is 0 Å². The van der Waals surface area contributed by atoms with Gasteiger partial charge in [0.15, 0.2) is 5.15 Å². The van der Waals surface area contributed by atoms with Crippen LogP contribution in [0.3, 0.4) is 0 Å². The second kappa shape index (κ2) is 13.3. The number of hydrogen-bond acceptors (Lipinski definition) is 4. The number of carboxylic acid groups (broad SMARTS) is 2. The molecule has 9 nitrogen and oxygen atoms in total. The van der Waals surface area contributed by atoms with Gasteiger partial charge in [-0.3, -0.25) is 9.59 Å². The number of aliphatic carboxylic acids is 1. The summed E-state index contributed by atoms with van der Waals surface area (Å²) in [5.74, 6) is -1.55. The van der Waals surface area contributed by atoms with Crippen LogP contribution in [0.4, 0.5) is 5.69 Å². The third kappa shape index (κ3) is 7.24. The molecule has 0 radical (unpaired) electrons. The van der Waals surface area contributed by atoms with Gasteiger partial charge in [0, 0.05) is 37.0 Å². The monoisotopic (exact) mass is 576 g/mol. The zero-order chi connectivity index (χ0) is 29.5. The van der Waals surface area contributed by atoms with Crippen molar-refractivity contribution >= 4 is 35.1 Å². The van der Waals surface area contributed by atoms with Crippen molar-refractivity contribution in [1.29, 1.82) is 0 Å². The number of carbonyl (C=O) groups is 3. The fraction of sp³-hybridized carbons (Fsp3) is 0.290. The molecule has 0 bridgehead atoms. The van der Waals surface area contributed by atoms with Gasteiger partial charge < -0.3 is 24.7 Å². The molecule has 0 spiro atoms. The van der Waals surface area contributed by atoms with Crippen molar-refractivity contribution < 1.29 is 24.6 Å². The largest absolute Gasteiger partial charge is 0.481 e. The molecule has 0 aliphatic heterocycles. The summed E-state index contributed by atoms with van der Waals surface area (Å²) in [6.45, 7) is 4.17. The molecule has 0 saturated carbocycles. The Morgan fingerprint density at radius 2 is 1.71 bits per heavy atom. The Morgan fingerprint density at radius 1 is 1.00 bits per heavy atom.